The highest BCUT2D eigenvalue weighted by molar-refractivity contribution is 5.22. The standard InChI is InChI=1S/C16H24F2N2O/c1-11-9-20(10-16(2,3)21-11)8-7-14(19)12-5-4-6-13(17)15(12)18/h4-6,11,14H,7-10,19H2,1-3H3. The molecule has 0 radical (unpaired) electrons. The highest BCUT2D eigenvalue weighted by atomic mass is 19.2. The van der Waals surface area contributed by atoms with Crippen molar-refractivity contribution in [2.45, 2.75) is 44.9 Å². The van der Waals surface area contributed by atoms with Crippen molar-refractivity contribution < 1.29 is 13.5 Å². The van der Waals surface area contributed by atoms with Crippen LogP contribution in [0.5, 0.6) is 0 Å². The molecule has 1 heterocycles. The first-order valence-corrected chi connectivity index (χ1v) is 7.38. The summed E-state index contributed by atoms with van der Waals surface area (Å²) in [4.78, 5) is 2.27. The topological polar surface area (TPSA) is 38.5 Å². The summed E-state index contributed by atoms with van der Waals surface area (Å²) in [5.41, 5.74) is 6.08. The van der Waals surface area contributed by atoms with Crippen molar-refractivity contribution >= 4 is 0 Å². The summed E-state index contributed by atoms with van der Waals surface area (Å²) in [5, 5.41) is 0. The summed E-state index contributed by atoms with van der Waals surface area (Å²) in [6, 6.07) is 3.65. The second-order valence-electron chi connectivity index (χ2n) is 6.46. The number of ether oxygens (including phenoxy) is 1. The molecule has 1 saturated heterocycles. The zero-order valence-corrected chi connectivity index (χ0v) is 12.9. The lowest BCUT2D eigenvalue weighted by molar-refractivity contribution is -0.128. The second-order valence-corrected chi connectivity index (χ2v) is 6.46. The van der Waals surface area contributed by atoms with Gasteiger partial charge in [0.15, 0.2) is 11.6 Å². The summed E-state index contributed by atoms with van der Waals surface area (Å²) >= 11 is 0. The molecule has 0 amide bonds. The van der Waals surface area contributed by atoms with E-state index in [4.69, 9.17) is 10.5 Å². The smallest absolute Gasteiger partial charge is 0.163 e. The first kappa shape index (κ1) is 16.3. The van der Waals surface area contributed by atoms with Gasteiger partial charge in [-0.15, -0.1) is 0 Å². The Kier molecular flexibility index (Phi) is 4.96. The van der Waals surface area contributed by atoms with Gasteiger partial charge in [-0.1, -0.05) is 12.1 Å². The van der Waals surface area contributed by atoms with E-state index >= 15 is 0 Å². The van der Waals surface area contributed by atoms with E-state index in [1.165, 1.54) is 6.07 Å². The lowest BCUT2D eigenvalue weighted by Gasteiger charge is -2.42. The van der Waals surface area contributed by atoms with Crippen LogP contribution in [-0.2, 0) is 4.74 Å². The second kappa shape index (κ2) is 6.38. The molecule has 0 bridgehead atoms. The van der Waals surface area contributed by atoms with Crippen LogP contribution >= 0.6 is 0 Å². The zero-order valence-electron chi connectivity index (χ0n) is 12.9. The quantitative estimate of drug-likeness (QED) is 0.929. The van der Waals surface area contributed by atoms with Gasteiger partial charge in [-0.25, -0.2) is 8.78 Å². The molecule has 1 aliphatic heterocycles. The Morgan fingerprint density at radius 1 is 1.43 bits per heavy atom. The highest BCUT2D eigenvalue weighted by Crippen LogP contribution is 2.24. The molecular formula is C16H24F2N2O. The van der Waals surface area contributed by atoms with Crippen molar-refractivity contribution in [1.82, 2.24) is 4.90 Å². The van der Waals surface area contributed by atoms with Crippen molar-refractivity contribution in [2.24, 2.45) is 5.73 Å². The SMILES string of the molecule is CC1CN(CCC(N)c2cccc(F)c2F)CC(C)(C)O1. The molecule has 2 N–H and O–H groups in total. The molecule has 1 aromatic rings. The molecule has 0 saturated carbocycles. The highest BCUT2D eigenvalue weighted by Gasteiger charge is 2.31. The van der Waals surface area contributed by atoms with E-state index in [1.54, 1.807) is 6.07 Å². The van der Waals surface area contributed by atoms with E-state index in [0.717, 1.165) is 25.7 Å². The van der Waals surface area contributed by atoms with Crippen LogP contribution in [0.4, 0.5) is 8.78 Å². The minimum Gasteiger partial charge on any atom is -0.370 e. The molecule has 1 aromatic carbocycles. The molecule has 1 fully saturated rings. The monoisotopic (exact) mass is 298 g/mol. The average molecular weight is 298 g/mol. The molecule has 2 rings (SSSR count). The fourth-order valence-corrected chi connectivity index (χ4v) is 3.04. The molecule has 0 aliphatic carbocycles. The number of benzene rings is 1. The summed E-state index contributed by atoms with van der Waals surface area (Å²) in [6.07, 6.45) is 0.749. The van der Waals surface area contributed by atoms with Crippen molar-refractivity contribution in [1.29, 1.82) is 0 Å². The lowest BCUT2D eigenvalue weighted by Crippen LogP contribution is -2.52. The molecule has 3 nitrogen and oxygen atoms in total. The number of nitrogens with zero attached hydrogens (tertiary/aromatic N) is 1. The van der Waals surface area contributed by atoms with Gasteiger partial charge in [0.05, 0.1) is 11.7 Å². The van der Waals surface area contributed by atoms with Crippen molar-refractivity contribution in [3.63, 3.8) is 0 Å². The van der Waals surface area contributed by atoms with Gasteiger partial charge in [-0.05, 0) is 33.3 Å². The van der Waals surface area contributed by atoms with Gasteiger partial charge in [0.25, 0.3) is 0 Å². The molecule has 5 heteroatoms. The van der Waals surface area contributed by atoms with Crippen LogP contribution < -0.4 is 5.73 Å². The third-order valence-corrected chi connectivity index (χ3v) is 3.78. The van der Waals surface area contributed by atoms with Crippen LogP contribution in [0, 0.1) is 11.6 Å². The van der Waals surface area contributed by atoms with Gasteiger partial charge in [0.2, 0.25) is 0 Å². The van der Waals surface area contributed by atoms with Crippen molar-refractivity contribution in [3.8, 4) is 0 Å². The van der Waals surface area contributed by atoms with Gasteiger partial charge >= 0.3 is 0 Å². The average Bonchev–Trinajstić information content (AvgIpc) is 2.37. The number of nitrogens with two attached hydrogens (primary N) is 1. The molecule has 1 aliphatic rings. The van der Waals surface area contributed by atoms with Crippen molar-refractivity contribution in [2.75, 3.05) is 19.6 Å². The van der Waals surface area contributed by atoms with E-state index in [9.17, 15) is 8.78 Å². The van der Waals surface area contributed by atoms with E-state index in [-0.39, 0.29) is 17.3 Å². The number of hydrogen-bond donors (Lipinski definition) is 1. The Hall–Kier alpha value is -1.04. The first-order chi connectivity index (χ1) is 9.78. The van der Waals surface area contributed by atoms with E-state index in [1.807, 2.05) is 6.92 Å². The molecule has 21 heavy (non-hydrogen) atoms. The molecule has 2 atom stereocenters. The Labute approximate surface area is 125 Å². The van der Waals surface area contributed by atoms with Gasteiger partial charge in [0.1, 0.15) is 0 Å². The molecular weight excluding hydrogens is 274 g/mol. The Morgan fingerprint density at radius 2 is 2.14 bits per heavy atom. The van der Waals surface area contributed by atoms with Crippen LogP contribution in [-0.4, -0.2) is 36.2 Å². The molecule has 0 aromatic heterocycles. The Bertz CT molecular complexity index is 493. The van der Waals surface area contributed by atoms with Gasteiger partial charge in [-0.3, -0.25) is 4.90 Å². The van der Waals surface area contributed by atoms with E-state index in [0.29, 0.717) is 6.42 Å². The number of hydrogen-bond acceptors (Lipinski definition) is 3. The summed E-state index contributed by atoms with van der Waals surface area (Å²) < 4.78 is 32.8. The minimum absolute atomic E-state index is 0.163. The minimum atomic E-state index is -0.843. The van der Waals surface area contributed by atoms with Crippen LogP contribution in [0.2, 0.25) is 0 Å². The molecule has 2 unspecified atom stereocenters. The van der Waals surface area contributed by atoms with Gasteiger partial charge in [-0.2, -0.15) is 0 Å². The predicted molar refractivity (Wildman–Crippen MR) is 79.0 cm³/mol. The summed E-state index contributed by atoms with van der Waals surface area (Å²) in [6.45, 7) is 8.55. The van der Waals surface area contributed by atoms with Gasteiger partial charge in [0, 0.05) is 31.2 Å². The number of halogens is 2. The maximum atomic E-state index is 13.7. The predicted octanol–water partition coefficient (Wildman–Crippen LogP) is 2.85. The van der Waals surface area contributed by atoms with E-state index < -0.39 is 17.7 Å². The summed E-state index contributed by atoms with van der Waals surface area (Å²) in [7, 11) is 0. The van der Waals surface area contributed by atoms with E-state index in [2.05, 4.69) is 18.7 Å². The molecule has 0 spiro atoms. The number of rotatable bonds is 4. The third-order valence-electron chi connectivity index (χ3n) is 3.78. The maximum Gasteiger partial charge on any atom is 0.163 e. The maximum absolute atomic E-state index is 13.7. The van der Waals surface area contributed by atoms with Gasteiger partial charge < -0.3 is 10.5 Å². The van der Waals surface area contributed by atoms with Crippen molar-refractivity contribution in [3.05, 3.63) is 35.4 Å². The van der Waals surface area contributed by atoms with Crippen LogP contribution in [0.15, 0.2) is 18.2 Å². The lowest BCUT2D eigenvalue weighted by atomic mass is 10.0. The van der Waals surface area contributed by atoms with Crippen LogP contribution in [0.1, 0.15) is 38.8 Å². The third kappa shape index (κ3) is 4.22. The molecule has 118 valence electrons. The fraction of sp³-hybridized carbons (Fsp3) is 0.625. The number of morpholine rings is 1. The van der Waals surface area contributed by atoms with Crippen LogP contribution in [0.25, 0.3) is 0 Å². The van der Waals surface area contributed by atoms with Crippen LogP contribution in [0.3, 0.4) is 0 Å². The Balaban J connectivity index is 1.95. The zero-order chi connectivity index (χ0) is 15.6. The summed E-state index contributed by atoms with van der Waals surface area (Å²) in [5.74, 6) is -1.68. The fourth-order valence-electron chi connectivity index (χ4n) is 3.04. The first-order valence-electron chi connectivity index (χ1n) is 7.38. The normalized spacial score (nSPS) is 24.0. The largest absolute Gasteiger partial charge is 0.370 e. The Morgan fingerprint density at radius 3 is 2.81 bits per heavy atom.